The van der Waals surface area contributed by atoms with E-state index in [1.54, 1.807) is 0 Å². The van der Waals surface area contributed by atoms with Crippen LogP contribution in [0.4, 0.5) is 0 Å². The maximum absolute atomic E-state index is 6.38. The third kappa shape index (κ3) is 6.42. The molecule has 0 aliphatic carbocycles. The van der Waals surface area contributed by atoms with E-state index in [2.05, 4.69) is 151 Å². The first-order chi connectivity index (χ1) is 26.7. The van der Waals surface area contributed by atoms with Crippen LogP contribution in [0, 0.1) is 0 Å². The molecule has 0 spiro atoms. The summed E-state index contributed by atoms with van der Waals surface area (Å²) in [5.74, 6) is 1.08. The number of benzene rings is 8. The number of fused-ring (bicyclic) bond motifs is 4. The van der Waals surface area contributed by atoms with Gasteiger partial charge >= 0.3 is 0 Å². The van der Waals surface area contributed by atoms with Gasteiger partial charge in [0.05, 0.1) is 6.54 Å². The van der Waals surface area contributed by atoms with Crippen LogP contribution >= 0.6 is 0 Å². The number of furan rings is 1. The van der Waals surface area contributed by atoms with Gasteiger partial charge in [-0.1, -0.05) is 170 Å². The minimum atomic E-state index is 0.362. The summed E-state index contributed by atoms with van der Waals surface area (Å²) in [6.07, 6.45) is 0. The minimum Gasteiger partial charge on any atom is -0.456 e. The average molecular weight is 694 g/mol. The van der Waals surface area contributed by atoms with Gasteiger partial charge in [0, 0.05) is 21.9 Å². The van der Waals surface area contributed by atoms with Gasteiger partial charge in [0.2, 0.25) is 0 Å². The van der Waals surface area contributed by atoms with Crippen LogP contribution in [-0.4, -0.2) is 18.4 Å². The SMILES string of the molecule is C=N/C(=N\C(=N/Cc1c(-c2ccc(-c3ccc4ccccc4c3)cc2)ccc2oc3ccccc3c12)c1ccc(-c2ccccc2)cc1)c1ccccc1. The molecule has 0 saturated heterocycles. The lowest BCUT2D eigenvalue weighted by molar-refractivity contribution is 0.668. The standard InChI is InChI=1S/C50H35N3O/c1-51-49(39-15-6-3-7-16-39)53-50(40-27-22-36(23-28-40)34-12-4-2-5-13-34)52-33-45-43(30-31-47-48(45)44-18-10-11-19-46(44)54-47)38-25-20-37(21-26-38)42-29-24-35-14-8-9-17-41(35)32-42/h2-32H,1,33H2/b52-50-,53-49-. The normalized spacial score (nSPS) is 12.1. The lowest BCUT2D eigenvalue weighted by atomic mass is 9.93. The number of para-hydroxylation sites is 1. The Morgan fingerprint density at radius 2 is 1.06 bits per heavy atom. The first-order valence-electron chi connectivity index (χ1n) is 18.1. The van der Waals surface area contributed by atoms with Gasteiger partial charge in [-0.2, -0.15) is 0 Å². The molecule has 9 aromatic rings. The van der Waals surface area contributed by atoms with E-state index in [0.717, 1.165) is 60.9 Å². The summed E-state index contributed by atoms with van der Waals surface area (Å²) in [6, 6.07) is 65.0. The maximum Gasteiger partial charge on any atom is 0.161 e. The van der Waals surface area contributed by atoms with Crippen molar-refractivity contribution >= 4 is 51.1 Å². The maximum atomic E-state index is 6.38. The highest BCUT2D eigenvalue weighted by atomic mass is 16.3. The molecule has 0 atom stereocenters. The van der Waals surface area contributed by atoms with Crippen molar-refractivity contribution in [2.45, 2.75) is 6.54 Å². The van der Waals surface area contributed by atoms with Gasteiger partial charge in [-0.3, -0.25) is 4.99 Å². The van der Waals surface area contributed by atoms with Gasteiger partial charge in [0.1, 0.15) is 11.2 Å². The van der Waals surface area contributed by atoms with E-state index in [1.165, 1.54) is 21.9 Å². The highest BCUT2D eigenvalue weighted by molar-refractivity contribution is 6.13. The van der Waals surface area contributed by atoms with E-state index < -0.39 is 0 Å². The molecule has 1 aromatic heterocycles. The highest BCUT2D eigenvalue weighted by Gasteiger charge is 2.17. The van der Waals surface area contributed by atoms with Crippen LogP contribution < -0.4 is 0 Å². The smallest absolute Gasteiger partial charge is 0.161 e. The molecule has 0 unspecified atom stereocenters. The molecule has 0 bridgehead atoms. The van der Waals surface area contributed by atoms with Gasteiger partial charge in [0.15, 0.2) is 11.7 Å². The van der Waals surface area contributed by atoms with Crippen molar-refractivity contribution in [3.8, 4) is 33.4 Å². The monoisotopic (exact) mass is 693 g/mol. The third-order valence-electron chi connectivity index (χ3n) is 9.96. The topological polar surface area (TPSA) is 50.2 Å². The predicted molar refractivity (Wildman–Crippen MR) is 227 cm³/mol. The Labute approximate surface area is 314 Å². The number of amidine groups is 2. The van der Waals surface area contributed by atoms with Crippen LogP contribution in [0.25, 0.3) is 66.1 Å². The number of rotatable bonds is 7. The van der Waals surface area contributed by atoms with E-state index >= 15 is 0 Å². The molecular weight excluding hydrogens is 659 g/mol. The van der Waals surface area contributed by atoms with Crippen molar-refractivity contribution in [3.05, 3.63) is 205 Å². The quantitative estimate of drug-likeness (QED) is 0.121. The van der Waals surface area contributed by atoms with Crippen molar-refractivity contribution in [2.24, 2.45) is 15.0 Å². The second kappa shape index (κ2) is 14.5. The summed E-state index contributed by atoms with van der Waals surface area (Å²) >= 11 is 0. The van der Waals surface area contributed by atoms with E-state index in [9.17, 15) is 0 Å². The molecule has 8 aromatic carbocycles. The van der Waals surface area contributed by atoms with E-state index in [0.29, 0.717) is 18.2 Å². The molecule has 0 amide bonds. The Morgan fingerprint density at radius 3 is 1.83 bits per heavy atom. The molecule has 4 heteroatoms. The number of aliphatic imine (C=N–C) groups is 3. The third-order valence-corrected chi connectivity index (χ3v) is 9.96. The molecule has 0 aliphatic rings. The van der Waals surface area contributed by atoms with Gasteiger partial charge in [0.25, 0.3) is 0 Å². The molecule has 256 valence electrons. The summed E-state index contributed by atoms with van der Waals surface area (Å²) in [5, 5.41) is 4.58. The molecule has 4 nitrogen and oxygen atoms in total. The zero-order valence-electron chi connectivity index (χ0n) is 29.6. The fourth-order valence-corrected chi connectivity index (χ4v) is 7.20. The van der Waals surface area contributed by atoms with E-state index in [-0.39, 0.29) is 0 Å². The van der Waals surface area contributed by atoms with E-state index in [4.69, 9.17) is 14.4 Å². The zero-order chi connectivity index (χ0) is 36.3. The molecule has 54 heavy (non-hydrogen) atoms. The first-order valence-corrected chi connectivity index (χ1v) is 18.1. The fourth-order valence-electron chi connectivity index (χ4n) is 7.20. The minimum absolute atomic E-state index is 0.362. The first kappa shape index (κ1) is 32.7. The van der Waals surface area contributed by atoms with Crippen LogP contribution in [0.5, 0.6) is 0 Å². The molecule has 9 rings (SSSR count). The van der Waals surface area contributed by atoms with Crippen molar-refractivity contribution < 1.29 is 4.42 Å². The van der Waals surface area contributed by atoms with Crippen molar-refractivity contribution in [1.29, 1.82) is 0 Å². The molecule has 1 heterocycles. The zero-order valence-corrected chi connectivity index (χ0v) is 29.6. The van der Waals surface area contributed by atoms with Gasteiger partial charge in [-0.15, -0.1) is 0 Å². The summed E-state index contributed by atoms with van der Waals surface area (Å²) in [4.78, 5) is 14.7. The highest BCUT2D eigenvalue weighted by Crippen LogP contribution is 2.38. The lowest BCUT2D eigenvalue weighted by Gasteiger charge is -2.12. The van der Waals surface area contributed by atoms with Gasteiger partial charge in [-0.05, 0) is 74.6 Å². The summed E-state index contributed by atoms with van der Waals surface area (Å²) in [5.41, 5.74) is 11.3. The summed E-state index contributed by atoms with van der Waals surface area (Å²) < 4.78 is 6.38. The molecule has 0 saturated carbocycles. The molecule has 0 fully saturated rings. The Hall–Kier alpha value is -7.17. The summed E-state index contributed by atoms with van der Waals surface area (Å²) in [7, 11) is 0. The predicted octanol–water partition coefficient (Wildman–Crippen LogP) is 12.8. The van der Waals surface area contributed by atoms with Crippen LogP contribution in [0.2, 0.25) is 0 Å². The summed E-state index contributed by atoms with van der Waals surface area (Å²) in [6.45, 7) is 4.24. The lowest BCUT2D eigenvalue weighted by Crippen LogP contribution is -2.06. The number of nitrogens with zero attached hydrogens (tertiary/aromatic N) is 3. The molecule has 0 N–H and O–H groups in total. The number of hydrogen-bond acceptors (Lipinski definition) is 2. The van der Waals surface area contributed by atoms with Crippen molar-refractivity contribution in [2.75, 3.05) is 0 Å². The molecule has 0 aliphatic heterocycles. The Balaban J connectivity index is 1.17. The second-order valence-corrected chi connectivity index (χ2v) is 13.2. The fraction of sp³-hybridized carbons (Fsp3) is 0.0200. The van der Waals surface area contributed by atoms with E-state index in [1.807, 2.05) is 48.5 Å². The van der Waals surface area contributed by atoms with Crippen LogP contribution in [0.1, 0.15) is 16.7 Å². The van der Waals surface area contributed by atoms with Gasteiger partial charge in [-0.25, -0.2) is 9.98 Å². The number of hydrogen-bond donors (Lipinski definition) is 0. The Kier molecular flexibility index (Phi) is 8.76. The molecule has 0 radical (unpaired) electrons. The second-order valence-electron chi connectivity index (χ2n) is 13.2. The average Bonchev–Trinajstić information content (AvgIpc) is 3.63. The van der Waals surface area contributed by atoms with Crippen molar-refractivity contribution in [1.82, 2.24) is 0 Å². The largest absolute Gasteiger partial charge is 0.456 e. The van der Waals surface area contributed by atoms with Crippen LogP contribution in [0.3, 0.4) is 0 Å². The molecular formula is C50H35N3O. The van der Waals surface area contributed by atoms with Crippen LogP contribution in [0.15, 0.2) is 207 Å². The van der Waals surface area contributed by atoms with Crippen molar-refractivity contribution in [3.63, 3.8) is 0 Å². The Morgan fingerprint density at radius 1 is 0.463 bits per heavy atom. The Bertz CT molecular complexity index is 2830. The van der Waals surface area contributed by atoms with Gasteiger partial charge < -0.3 is 4.42 Å². The van der Waals surface area contributed by atoms with Crippen LogP contribution in [-0.2, 0) is 6.54 Å².